The van der Waals surface area contributed by atoms with E-state index in [1.807, 2.05) is 122 Å². The Hall–Kier alpha value is -7.92. The number of benzene rings is 6. The summed E-state index contributed by atoms with van der Waals surface area (Å²) in [6, 6.07) is 26.4. The molecule has 2 aliphatic heterocycles. The van der Waals surface area contributed by atoms with Gasteiger partial charge < -0.3 is 34.9 Å². The number of aliphatic carboxylic acids is 2. The van der Waals surface area contributed by atoms with Gasteiger partial charge in [0.2, 0.25) is 5.91 Å². The number of hydrogen-bond acceptors (Lipinski definition) is 9. The summed E-state index contributed by atoms with van der Waals surface area (Å²) in [7, 11) is 0. The van der Waals surface area contributed by atoms with Crippen molar-refractivity contribution < 1.29 is 43.5 Å². The maximum absolute atomic E-state index is 12.7. The summed E-state index contributed by atoms with van der Waals surface area (Å²) >= 11 is 0. The van der Waals surface area contributed by atoms with E-state index in [9.17, 15) is 24.6 Å². The number of nitrogens with two attached hydrogens (primary N) is 1. The second-order valence-corrected chi connectivity index (χ2v) is 20.0. The molecule has 2 aromatic heterocycles. The fourth-order valence-corrected chi connectivity index (χ4v) is 10.1. The average Bonchev–Trinajstić information content (AvgIpc) is 3.37. The van der Waals surface area contributed by atoms with Gasteiger partial charge in [-0.25, -0.2) is 14.4 Å². The molecule has 13 nitrogen and oxygen atoms in total. The Kier molecular flexibility index (Phi) is 13.4. The van der Waals surface area contributed by atoms with Crippen molar-refractivity contribution in [2.24, 2.45) is 5.73 Å². The second kappa shape index (κ2) is 19.6. The highest BCUT2D eigenvalue weighted by Crippen LogP contribution is 2.48. The van der Waals surface area contributed by atoms with E-state index in [0.29, 0.717) is 54.0 Å². The summed E-state index contributed by atoms with van der Waals surface area (Å²) in [5.74, 6) is -1.09. The number of rotatable bonds is 13. The molecule has 4 N–H and O–H groups in total. The first-order valence-electron chi connectivity index (χ1n) is 24.6. The van der Waals surface area contributed by atoms with Crippen LogP contribution in [0.2, 0.25) is 0 Å². The fraction of sp³-hybridized carbons (Fsp3) is 0.300. The number of amides is 1. The number of carbonyl (C=O) groups excluding carboxylic acids is 1. The number of carboxylic acids is 2. The van der Waals surface area contributed by atoms with Gasteiger partial charge in [0.25, 0.3) is 0 Å². The number of fused-ring (bicyclic) bond motifs is 2. The van der Waals surface area contributed by atoms with Gasteiger partial charge in [0.1, 0.15) is 11.5 Å². The van der Waals surface area contributed by atoms with E-state index in [0.717, 1.165) is 107 Å². The predicted octanol–water partition coefficient (Wildman–Crippen LogP) is 12.9. The Morgan fingerprint density at radius 3 is 1.55 bits per heavy atom. The van der Waals surface area contributed by atoms with Crippen LogP contribution in [0.15, 0.2) is 97.3 Å². The number of carboxylic acid groups (broad SMARTS) is 2. The molecule has 8 aromatic rings. The van der Waals surface area contributed by atoms with Crippen LogP contribution in [0.3, 0.4) is 0 Å². The maximum atomic E-state index is 12.7. The van der Waals surface area contributed by atoms with Crippen LogP contribution in [0.4, 0.5) is 5.69 Å². The topological polar surface area (TPSA) is 185 Å². The molecule has 6 aromatic carbocycles. The first-order chi connectivity index (χ1) is 34.8. The molecule has 0 saturated heterocycles. The van der Waals surface area contributed by atoms with Crippen LogP contribution >= 0.6 is 0 Å². The lowest BCUT2D eigenvalue weighted by Gasteiger charge is -2.31. The highest BCUT2D eigenvalue weighted by molar-refractivity contribution is 6.11. The Morgan fingerprint density at radius 2 is 1.12 bits per heavy atom. The number of carbonyl (C=O) groups is 3. The number of nitrogens with zero attached hydrogens (tertiary/aromatic N) is 3. The number of pyridine rings is 2. The van der Waals surface area contributed by atoms with Crippen molar-refractivity contribution >= 4 is 66.9 Å². The standard InChI is InChI=1S/C30H30N2O5.C30H28N2O4/c1-5-30(3,4)37-27(29(34)35)23-16(2)14-19-15-18(28(31)33)6-7-20(19)25(23)21-8-9-22-24-17(11-13-36-22)10-12-32-26(21)24;1-6-30(3,4)36-28(29(33)34)24-17(2)15-19-16-20(31-5)7-8-21(19)26(24)22-9-10-23-25-18(12-14-35-23)11-13-32-27(22)25/h6-10,12,14-15,27H,5,11,13H2,1-4H3,(H2,31,33)(H,34,35);7-11,13,15-16,28H,6,12,14H2,1-4H3,(H,33,34)/t27-;28-/m00/s1. The van der Waals surface area contributed by atoms with E-state index < -0.39 is 41.3 Å². The van der Waals surface area contributed by atoms with Gasteiger partial charge in [0.15, 0.2) is 17.9 Å². The summed E-state index contributed by atoms with van der Waals surface area (Å²) in [5.41, 5.74) is 14.8. The van der Waals surface area contributed by atoms with E-state index in [1.54, 1.807) is 30.6 Å². The molecular weight excluding hydrogens is 921 g/mol. The highest BCUT2D eigenvalue weighted by atomic mass is 16.5. The van der Waals surface area contributed by atoms with Crippen molar-refractivity contribution in [3.05, 3.63) is 148 Å². The smallest absolute Gasteiger partial charge is 0.337 e. The first-order valence-corrected chi connectivity index (χ1v) is 24.6. The number of aryl methyl sites for hydroxylation is 2. The number of primary amides is 1. The zero-order valence-electron chi connectivity index (χ0n) is 42.3. The summed E-state index contributed by atoms with van der Waals surface area (Å²) in [4.78, 5) is 50.4. The third kappa shape index (κ3) is 9.40. The molecule has 0 fully saturated rings. The van der Waals surface area contributed by atoms with E-state index in [1.165, 1.54) is 0 Å². The lowest BCUT2D eigenvalue weighted by Crippen LogP contribution is -2.30. The van der Waals surface area contributed by atoms with E-state index in [4.69, 9.17) is 41.2 Å². The van der Waals surface area contributed by atoms with Crippen LogP contribution in [-0.2, 0) is 31.9 Å². The quantitative estimate of drug-likeness (QED) is 0.0934. The summed E-state index contributed by atoms with van der Waals surface area (Å²) in [6.07, 6.45) is 4.05. The highest BCUT2D eigenvalue weighted by Gasteiger charge is 2.36. The third-order valence-corrected chi connectivity index (χ3v) is 14.4. The van der Waals surface area contributed by atoms with E-state index in [-0.39, 0.29) is 0 Å². The van der Waals surface area contributed by atoms with E-state index >= 15 is 0 Å². The zero-order chi connectivity index (χ0) is 52.1. The monoisotopic (exact) mass is 978 g/mol. The molecular formula is C60H58N4O9. The Balaban J connectivity index is 0.000000180. The SMILES string of the molecule is CCC(C)(C)O[C@H](C(=O)O)c1c(C)cc2cc(C(N)=O)ccc2c1-c1ccc2c3c(ccnc13)CCO2.[C-]#[N+]c1ccc2c(-c3ccc4c5c(ccnc35)CCO4)c([C@H](OC(C)(C)CC)C(=O)O)c(C)cc2c1. The molecule has 4 heterocycles. The van der Waals surface area contributed by atoms with Gasteiger partial charge in [-0.2, -0.15) is 0 Å². The molecule has 2 atom stereocenters. The largest absolute Gasteiger partial charge is 0.493 e. The molecule has 0 unspecified atom stereocenters. The fourth-order valence-electron chi connectivity index (χ4n) is 10.1. The number of ether oxygens (including phenoxy) is 4. The molecule has 1 amide bonds. The lowest BCUT2D eigenvalue weighted by atomic mass is 9.85. The van der Waals surface area contributed by atoms with Crippen LogP contribution in [0.25, 0.3) is 70.4 Å². The van der Waals surface area contributed by atoms with Gasteiger partial charge in [0.05, 0.1) is 42.0 Å². The van der Waals surface area contributed by atoms with Crippen molar-refractivity contribution in [2.45, 2.75) is 104 Å². The van der Waals surface area contributed by atoms with Crippen molar-refractivity contribution in [3.8, 4) is 33.8 Å². The van der Waals surface area contributed by atoms with Crippen LogP contribution in [-0.4, -0.2) is 62.4 Å². The second-order valence-electron chi connectivity index (χ2n) is 20.0. The van der Waals surface area contributed by atoms with Crippen molar-refractivity contribution in [1.29, 1.82) is 0 Å². The van der Waals surface area contributed by atoms with Gasteiger partial charge in [-0.15, -0.1) is 0 Å². The zero-order valence-corrected chi connectivity index (χ0v) is 42.3. The minimum absolute atomic E-state index is 0.382. The van der Waals surface area contributed by atoms with Gasteiger partial charge in [-0.3, -0.25) is 14.8 Å². The predicted molar refractivity (Wildman–Crippen MR) is 284 cm³/mol. The van der Waals surface area contributed by atoms with E-state index in [2.05, 4.69) is 4.85 Å². The maximum Gasteiger partial charge on any atom is 0.337 e. The molecule has 0 aliphatic carbocycles. The molecule has 2 aliphatic rings. The minimum atomic E-state index is -1.22. The summed E-state index contributed by atoms with van der Waals surface area (Å²) < 4.78 is 24.4. The Bertz CT molecular complexity index is 3590. The van der Waals surface area contributed by atoms with Gasteiger partial charge in [-0.05, 0) is 164 Å². The Labute approximate surface area is 423 Å². The summed E-state index contributed by atoms with van der Waals surface area (Å²) in [6.45, 7) is 24.0. The lowest BCUT2D eigenvalue weighted by molar-refractivity contribution is -0.163. The molecule has 0 radical (unpaired) electrons. The third-order valence-electron chi connectivity index (χ3n) is 14.4. The van der Waals surface area contributed by atoms with Gasteiger partial charge in [-0.1, -0.05) is 44.2 Å². The minimum Gasteiger partial charge on any atom is -0.493 e. The molecule has 73 heavy (non-hydrogen) atoms. The number of hydrogen-bond donors (Lipinski definition) is 3. The molecule has 0 spiro atoms. The van der Waals surface area contributed by atoms with Crippen LogP contribution in [0, 0.1) is 20.4 Å². The molecule has 372 valence electrons. The average molecular weight is 979 g/mol. The molecule has 13 heteroatoms. The summed E-state index contributed by atoms with van der Waals surface area (Å²) in [5, 5.41) is 26.0. The number of aromatic nitrogens is 2. The first kappa shape index (κ1) is 50.0. The normalized spacial score (nSPS) is 13.9. The van der Waals surface area contributed by atoms with Gasteiger partial charge >= 0.3 is 11.9 Å². The molecule has 0 bridgehead atoms. The van der Waals surface area contributed by atoms with Crippen molar-refractivity contribution in [3.63, 3.8) is 0 Å². The van der Waals surface area contributed by atoms with Crippen molar-refractivity contribution in [1.82, 2.24) is 9.97 Å². The van der Waals surface area contributed by atoms with Crippen LogP contribution in [0.1, 0.15) is 110 Å². The van der Waals surface area contributed by atoms with Gasteiger partial charge in [0, 0.05) is 63.8 Å². The molecule has 0 saturated carbocycles. The Morgan fingerprint density at radius 1 is 0.671 bits per heavy atom. The van der Waals surface area contributed by atoms with Crippen LogP contribution < -0.4 is 15.2 Å². The molecule has 10 rings (SSSR count). The van der Waals surface area contributed by atoms with Crippen LogP contribution in [0.5, 0.6) is 11.5 Å². The van der Waals surface area contributed by atoms with Crippen molar-refractivity contribution in [2.75, 3.05) is 13.2 Å².